The van der Waals surface area contributed by atoms with E-state index in [1.807, 2.05) is 38.1 Å². The molecule has 2 aromatic rings. The number of nitrogens with one attached hydrogen (secondary N) is 1. The molecule has 1 saturated heterocycles. The molecule has 0 unspecified atom stereocenters. The van der Waals surface area contributed by atoms with Crippen LogP contribution in [0.15, 0.2) is 50.0 Å². The van der Waals surface area contributed by atoms with Crippen LogP contribution in [0.4, 0.5) is 0 Å². The number of hydrogen-bond donors (Lipinski definition) is 1. The molecule has 1 amide bonds. The Morgan fingerprint density at radius 3 is 2.89 bits per heavy atom. The van der Waals surface area contributed by atoms with Crippen molar-refractivity contribution < 1.29 is 18.8 Å². The number of nitrogens with zero attached hydrogens (tertiary/aromatic N) is 3. The summed E-state index contributed by atoms with van der Waals surface area (Å²) in [6, 6.07) is 7.69. The second-order valence-electron chi connectivity index (χ2n) is 5.56. The van der Waals surface area contributed by atoms with Crippen LogP contribution in [0, 0.1) is 13.8 Å². The monoisotopic (exact) mass is 384 g/mol. The smallest absolute Gasteiger partial charge is 0.331 e. The minimum absolute atomic E-state index is 0.205. The highest BCUT2D eigenvalue weighted by Gasteiger charge is 2.25. The van der Waals surface area contributed by atoms with E-state index < -0.39 is 11.9 Å². The zero-order chi connectivity index (χ0) is 19.4. The first-order valence-electron chi connectivity index (χ1n) is 7.91. The van der Waals surface area contributed by atoms with Gasteiger partial charge in [0.2, 0.25) is 0 Å². The van der Waals surface area contributed by atoms with E-state index in [9.17, 15) is 9.59 Å². The summed E-state index contributed by atoms with van der Waals surface area (Å²) in [5, 5.41) is 14.8. The van der Waals surface area contributed by atoms with Crippen LogP contribution >= 0.6 is 11.8 Å². The number of amidine groups is 1. The molecule has 3 rings (SSSR count). The topological polar surface area (TPSA) is 106 Å². The maximum Gasteiger partial charge on any atom is 0.331 e. The van der Waals surface area contributed by atoms with Gasteiger partial charge in [0, 0.05) is 11.6 Å². The van der Waals surface area contributed by atoms with E-state index in [4.69, 9.17) is 4.52 Å². The minimum atomic E-state index is -0.603. The van der Waals surface area contributed by atoms with Crippen molar-refractivity contribution in [2.75, 3.05) is 7.11 Å². The van der Waals surface area contributed by atoms with Gasteiger partial charge in [-0.15, -0.1) is 5.10 Å². The van der Waals surface area contributed by atoms with E-state index in [2.05, 4.69) is 25.4 Å². The van der Waals surface area contributed by atoms with Gasteiger partial charge in [-0.3, -0.25) is 10.1 Å². The summed E-state index contributed by atoms with van der Waals surface area (Å²) in [6.45, 7) is 3.75. The molecule has 138 valence electrons. The highest BCUT2D eigenvalue weighted by Crippen LogP contribution is 2.27. The number of amides is 1. The number of rotatable bonds is 4. The van der Waals surface area contributed by atoms with Crippen molar-refractivity contribution in [3.05, 3.63) is 52.3 Å². The van der Waals surface area contributed by atoms with Crippen LogP contribution in [-0.2, 0) is 14.3 Å². The fourth-order valence-corrected chi connectivity index (χ4v) is 3.20. The highest BCUT2D eigenvalue weighted by atomic mass is 32.2. The minimum Gasteiger partial charge on any atom is -0.466 e. The van der Waals surface area contributed by atoms with Gasteiger partial charge in [0.15, 0.2) is 5.17 Å². The Hall–Kier alpha value is -3.20. The molecular weight excluding hydrogens is 368 g/mol. The molecule has 1 aromatic carbocycles. The average Bonchev–Trinajstić information content (AvgIpc) is 3.16. The molecule has 0 saturated carbocycles. The lowest BCUT2D eigenvalue weighted by Gasteiger charge is -2.01. The summed E-state index contributed by atoms with van der Waals surface area (Å²) >= 11 is 1.02. The van der Waals surface area contributed by atoms with Gasteiger partial charge in [0.25, 0.3) is 5.91 Å². The number of ether oxygens (including phenoxy) is 1. The molecule has 9 heteroatoms. The Kier molecular flexibility index (Phi) is 5.51. The van der Waals surface area contributed by atoms with Crippen molar-refractivity contribution in [1.29, 1.82) is 0 Å². The molecule has 27 heavy (non-hydrogen) atoms. The molecule has 1 aliphatic rings. The molecule has 0 atom stereocenters. The molecule has 8 nitrogen and oxygen atoms in total. The van der Waals surface area contributed by atoms with Gasteiger partial charge in [-0.05, 0) is 42.8 Å². The fraction of sp³-hybridized carbons (Fsp3) is 0.167. The summed E-state index contributed by atoms with van der Waals surface area (Å²) in [6.07, 6.45) is 2.68. The van der Waals surface area contributed by atoms with Gasteiger partial charge in [-0.25, -0.2) is 4.79 Å². The molecule has 0 spiro atoms. The van der Waals surface area contributed by atoms with Gasteiger partial charge in [0.05, 0.1) is 23.9 Å². The fourth-order valence-electron chi connectivity index (χ4n) is 2.46. The molecular formula is C18H16N4O4S. The first kappa shape index (κ1) is 18.6. The Morgan fingerprint density at radius 1 is 1.37 bits per heavy atom. The molecule has 1 aromatic heterocycles. The highest BCUT2D eigenvalue weighted by molar-refractivity contribution is 8.18. The SMILES string of the molecule is COC(=O)/C=C1/S/C(=N\N=Cc2cccc(-c3c(C)noc3C)c2)NC1=O. The second-order valence-corrected chi connectivity index (χ2v) is 6.59. The van der Waals surface area contributed by atoms with Gasteiger partial charge in [0.1, 0.15) is 5.76 Å². The summed E-state index contributed by atoms with van der Waals surface area (Å²) in [7, 11) is 1.24. The molecule has 0 radical (unpaired) electrons. The number of aromatic nitrogens is 1. The Labute approximate surface area is 159 Å². The van der Waals surface area contributed by atoms with Crippen molar-refractivity contribution in [2.45, 2.75) is 13.8 Å². The number of methoxy groups -OCH3 is 1. The van der Waals surface area contributed by atoms with Gasteiger partial charge < -0.3 is 9.26 Å². The third-order valence-corrected chi connectivity index (χ3v) is 4.57. The molecule has 0 bridgehead atoms. The van der Waals surface area contributed by atoms with Crippen molar-refractivity contribution in [2.24, 2.45) is 10.2 Å². The quantitative estimate of drug-likeness (QED) is 0.376. The summed E-state index contributed by atoms with van der Waals surface area (Å²) in [5.41, 5.74) is 3.57. The maximum atomic E-state index is 11.8. The third-order valence-electron chi connectivity index (χ3n) is 3.67. The number of thioether (sulfide) groups is 1. The van der Waals surface area contributed by atoms with Crippen molar-refractivity contribution >= 4 is 35.0 Å². The van der Waals surface area contributed by atoms with Gasteiger partial charge in [-0.1, -0.05) is 23.4 Å². The van der Waals surface area contributed by atoms with Crippen LogP contribution < -0.4 is 5.32 Å². The lowest BCUT2D eigenvalue weighted by molar-refractivity contribution is -0.135. The third kappa shape index (κ3) is 4.32. The predicted molar refractivity (Wildman–Crippen MR) is 102 cm³/mol. The van der Waals surface area contributed by atoms with Crippen LogP contribution in [-0.4, -0.2) is 35.5 Å². The summed E-state index contributed by atoms with van der Waals surface area (Å²) in [5.74, 6) is -0.273. The molecule has 2 heterocycles. The number of esters is 1. The Balaban J connectivity index is 1.75. The normalized spacial score (nSPS) is 17.1. The van der Waals surface area contributed by atoms with Crippen LogP contribution in [0.5, 0.6) is 0 Å². The Morgan fingerprint density at radius 2 is 2.19 bits per heavy atom. The van der Waals surface area contributed by atoms with Gasteiger partial charge >= 0.3 is 5.97 Å². The van der Waals surface area contributed by atoms with E-state index in [1.54, 1.807) is 6.21 Å². The molecule has 1 aliphatic heterocycles. The van der Waals surface area contributed by atoms with Crippen LogP contribution in [0.3, 0.4) is 0 Å². The van der Waals surface area contributed by atoms with Crippen LogP contribution in [0.1, 0.15) is 17.0 Å². The zero-order valence-electron chi connectivity index (χ0n) is 14.8. The van der Waals surface area contributed by atoms with E-state index in [-0.39, 0.29) is 10.1 Å². The van der Waals surface area contributed by atoms with E-state index in [0.717, 1.165) is 46.0 Å². The predicted octanol–water partition coefficient (Wildman–Crippen LogP) is 2.57. The number of aryl methyl sites for hydroxylation is 2. The van der Waals surface area contributed by atoms with Gasteiger partial charge in [-0.2, -0.15) is 5.10 Å². The van der Waals surface area contributed by atoms with Crippen molar-refractivity contribution in [3.63, 3.8) is 0 Å². The molecule has 1 fully saturated rings. The Bertz CT molecular complexity index is 971. The van der Waals surface area contributed by atoms with Crippen molar-refractivity contribution in [1.82, 2.24) is 10.5 Å². The first-order valence-corrected chi connectivity index (χ1v) is 8.72. The average molecular weight is 384 g/mol. The second kappa shape index (κ2) is 8.00. The summed E-state index contributed by atoms with van der Waals surface area (Å²) < 4.78 is 9.71. The summed E-state index contributed by atoms with van der Waals surface area (Å²) in [4.78, 5) is 23.2. The number of hydrogen-bond acceptors (Lipinski definition) is 8. The van der Waals surface area contributed by atoms with Crippen LogP contribution in [0.25, 0.3) is 11.1 Å². The maximum absolute atomic E-state index is 11.8. The molecule has 0 aliphatic carbocycles. The number of carbonyl (C=O) groups is 2. The standard InChI is InChI=1S/C18H16N4O4S/c1-10-16(11(2)26-22-10)13-6-4-5-12(7-13)9-19-21-18-20-17(24)14(27-18)8-15(23)25-3/h4-9H,1-3H3,(H,20,21,24)/b14-8+,19-9?. The van der Waals surface area contributed by atoms with E-state index >= 15 is 0 Å². The zero-order valence-corrected chi connectivity index (χ0v) is 15.7. The largest absolute Gasteiger partial charge is 0.466 e. The van der Waals surface area contributed by atoms with Crippen molar-refractivity contribution in [3.8, 4) is 11.1 Å². The van der Waals surface area contributed by atoms with Crippen LogP contribution in [0.2, 0.25) is 0 Å². The lowest BCUT2D eigenvalue weighted by atomic mass is 10.0. The molecule has 1 N–H and O–H groups in total. The lowest BCUT2D eigenvalue weighted by Crippen LogP contribution is -2.19. The number of carbonyl (C=O) groups excluding carboxylic acids is 2. The van der Waals surface area contributed by atoms with E-state index in [0.29, 0.717) is 0 Å². The number of benzene rings is 1. The van der Waals surface area contributed by atoms with E-state index in [1.165, 1.54) is 7.11 Å². The first-order chi connectivity index (χ1) is 13.0.